The van der Waals surface area contributed by atoms with Crippen LogP contribution in [0.15, 0.2) is 24.3 Å². The zero-order valence-corrected chi connectivity index (χ0v) is 14.4. The number of carbonyl (C=O) groups is 3. The monoisotopic (exact) mass is 370 g/mol. The highest BCUT2D eigenvalue weighted by atomic mass is 32.2. The lowest BCUT2D eigenvalue weighted by Gasteiger charge is -2.34. The molecule has 2 N–H and O–H groups in total. The smallest absolute Gasteiger partial charge is 0.328 e. The largest absolute Gasteiger partial charge is 0.480 e. The Kier molecular flexibility index (Phi) is 6.77. The molecule has 9 heteroatoms. The minimum atomic E-state index is -1.11. The maximum Gasteiger partial charge on any atom is 0.328 e. The molecule has 2 amide bonds. The minimum absolute atomic E-state index is 0.0202. The van der Waals surface area contributed by atoms with Crippen molar-refractivity contribution in [1.82, 2.24) is 4.90 Å². The second kappa shape index (κ2) is 8.82. The number of hydrogen-bond acceptors (Lipinski definition) is 5. The second-order valence-corrected chi connectivity index (χ2v) is 6.80. The van der Waals surface area contributed by atoms with E-state index in [9.17, 15) is 18.8 Å². The first-order valence-corrected chi connectivity index (χ1v) is 8.71. The van der Waals surface area contributed by atoms with Gasteiger partial charge < -0.3 is 20.1 Å². The highest BCUT2D eigenvalue weighted by Crippen LogP contribution is 2.18. The van der Waals surface area contributed by atoms with Gasteiger partial charge in [0.1, 0.15) is 5.82 Å². The van der Waals surface area contributed by atoms with Crippen LogP contribution in [-0.4, -0.2) is 64.6 Å². The van der Waals surface area contributed by atoms with Crippen molar-refractivity contribution >= 4 is 35.2 Å². The summed E-state index contributed by atoms with van der Waals surface area (Å²) >= 11 is 1.11. The highest BCUT2D eigenvalue weighted by molar-refractivity contribution is 8.01. The van der Waals surface area contributed by atoms with E-state index in [1.807, 2.05) is 0 Å². The van der Waals surface area contributed by atoms with Gasteiger partial charge in [0.15, 0.2) is 6.04 Å². The van der Waals surface area contributed by atoms with Crippen LogP contribution >= 0.6 is 11.8 Å². The maximum atomic E-state index is 12.8. The molecular formula is C16H19FN2O5S. The zero-order chi connectivity index (χ0) is 18.4. The summed E-state index contributed by atoms with van der Waals surface area (Å²) in [7, 11) is 0. The Hall–Kier alpha value is -2.13. The van der Waals surface area contributed by atoms with Crippen molar-refractivity contribution in [3.05, 3.63) is 30.1 Å². The summed E-state index contributed by atoms with van der Waals surface area (Å²) in [6.45, 7) is 2.09. The van der Waals surface area contributed by atoms with Crippen LogP contribution in [0.25, 0.3) is 0 Å². The van der Waals surface area contributed by atoms with E-state index in [-0.39, 0.29) is 37.3 Å². The van der Waals surface area contributed by atoms with Gasteiger partial charge in [-0.15, -0.1) is 11.8 Å². The number of carboxylic acids is 1. The number of anilines is 1. The van der Waals surface area contributed by atoms with Gasteiger partial charge in [-0.1, -0.05) is 0 Å². The number of nitrogens with zero attached hydrogens (tertiary/aromatic N) is 1. The molecule has 0 saturated carbocycles. The molecule has 1 aromatic rings. The Bertz CT molecular complexity index is 640. The average molecular weight is 370 g/mol. The summed E-state index contributed by atoms with van der Waals surface area (Å²) in [5.74, 6) is -2.15. The standard InChI is InChI=1S/C16H19FN2O5S/c1-10(15(21)19-6-7-24-8-13(19)16(22)23)25-9-14(20)18-12-4-2-11(17)3-5-12/h2-5,10,13H,6-9H2,1H3,(H,18,20)(H,22,23). The first kappa shape index (κ1) is 19.2. The molecule has 1 aliphatic heterocycles. The van der Waals surface area contributed by atoms with Crippen molar-refractivity contribution in [2.24, 2.45) is 0 Å². The Morgan fingerprint density at radius 3 is 2.72 bits per heavy atom. The number of amides is 2. The van der Waals surface area contributed by atoms with Gasteiger partial charge in [-0.2, -0.15) is 0 Å². The Morgan fingerprint density at radius 2 is 2.08 bits per heavy atom. The highest BCUT2D eigenvalue weighted by Gasteiger charge is 2.34. The summed E-state index contributed by atoms with van der Waals surface area (Å²) in [6, 6.07) is 4.35. The van der Waals surface area contributed by atoms with Gasteiger partial charge in [0.25, 0.3) is 0 Å². The molecule has 2 atom stereocenters. The third-order valence-electron chi connectivity index (χ3n) is 3.64. The van der Waals surface area contributed by atoms with E-state index in [1.54, 1.807) is 6.92 Å². The lowest BCUT2D eigenvalue weighted by molar-refractivity contribution is -0.157. The van der Waals surface area contributed by atoms with Crippen molar-refractivity contribution in [1.29, 1.82) is 0 Å². The van der Waals surface area contributed by atoms with Gasteiger partial charge >= 0.3 is 5.97 Å². The number of carboxylic acid groups (broad SMARTS) is 1. The summed E-state index contributed by atoms with van der Waals surface area (Å²) in [5.41, 5.74) is 0.463. The summed E-state index contributed by atoms with van der Waals surface area (Å²) in [6.07, 6.45) is 0. The van der Waals surface area contributed by atoms with Gasteiger partial charge in [0.05, 0.1) is 24.2 Å². The van der Waals surface area contributed by atoms with E-state index >= 15 is 0 Å². The third kappa shape index (κ3) is 5.43. The van der Waals surface area contributed by atoms with Gasteiger partial charge in [0, 0.05) is 12.2 Å². The molecule has 1 aliphatic rings. The van der Waals surface area contributed by atoms with E-state index in [0.29, 0.717) is 5.69 Å². The predicted octanol–water partition coefficient (Wildman–Crippen LogP) is 1.20. The number of carbonyl (C=O) groups excluding carboxylic acids is 2. The first-order chi connectivity index (χ1) is 11.9. The molecule has 2 unspecified atom stereocenters. The number of hydrogen-bond donors (Lipinski definition) is 2. The van der Waals surface area contributed by atoms with Crippen molar-refractivity contribution in [3.8, 4) is 0 Å². The summed E-state index contributed by atoms with van der Waals surface area (Å²) in [4.78, 5) is 36.8. The molecule has 25 heavy (non-hydrogen) atoms. The van der Waals surface area contributed by atoms with E-state index in [4.69, 9.17) is 9.84 Å². The molecule has 1 heterocycles. The maximum absolute atomic E-state index is 12.8. The number of aliphatic carboxylic acids is 1. The molecular weight excluding hydrogens is 351 g/mol. The molecule has 1 aromatic carbocycles. The Morgan fingerprint density at radius 1 is 1.40 bits per heavy atom. The number of ether oxygens (including phenoxy) is 1. The number of thioether (sulfide) groups is 1. The molecule has 2 rings (SSSR count). The molecule has 1 fully saturated rings. The molecule has 136 valence electrons. The number of benzene rings is 1. The number of morpholine rings is 1. The van der Waals surface area contributed by atoms with E-state index < -0.39 is 23.1 Å². The van der Waals surface area contributed by atoms with Gasteiger partial charge in [0.2, 0.25) is 11.8 Å². The predicted molar refractivity (Wildman–Crippen MR) is 90.9 cm³/mol. The van der Waals surface area contributed by atoms with E-state index in [0.717, 1.165) is 11.8 Å². The second-order valence-electron chi connectivity index (χ2n) is 5.47. The lowest BCUT2D eigenvalue weighted by atomic mass is 10.2. The minimum Gasteiger partial charge on any atom is -0.480 e. The fourth-order valence-electron chi connectivity index (χ4n) is 2.31. The SMILES string of the molecule is CC(SCC(=O)Nc1ccc(F)cc1)C(=O)N1CCOCC1C(=O)O. The summed E-state index contributed by atoms with van der Waals surface area (Å²) in [5, 5.41) is 11.2. The number of rotatable bonds is 6. The number of halogens is 1. The summed E-state index contributed by atoms with van der Waals surface area (Å²) < 4.78 is 17.9. The fourth-order valence-corrected chi connectivity index (χ4v) is 3.06. The zero-order valence-electron chi connectivity index (χ0n) is 13.6. The van der Waals surface area contributed by atoms with Crippen molar-refractivity contribution in [2.45, 2.75) is 18.2 Å². The van der Waals surface area contributed by atoms with E-state index in [2.05, 4.69) is 5.32 Å². The van der Waals surface area contributed by atoms with Gasteiger partial charge in [-0.3, -0.25) is 9.59 Å². The van der Waals surface area contributed by atoms with Gasteiger partial charge in [-0.25, -0.2) is 9.18 Å². The van der Waals surface area contributed by atoms with Gasteiger partial charge in [-0.05, 0) is 31.2 Å². The van der Waals surface area contributed by atoms with Crippen molar-refractivity contribution < 1.29 is 28.6 Å². The van der Waals surface area contributed by atoms with E-state index in [1.165, 1.54) is 29.2 Å². The van der Waals surface area contributed by atoms with Crippen molar-refractivity contribution in [3.63, 3.8) is 0 Å². The quantitative estimate of drug-likeness (QED) is 0.781. The van der Waals surface area contributed by atoms with Crippen LogP contribution in [0.3, 0.4) is 0 Å². The topological polar surface area (TPSA) is 95.9 Å². The Balaban J connectivity index is 1.84. The van der Waals surface area contributed by atoms with Crippen LogP contribution in [0.5, 0.6) is 0 Å². The molecule has 1 saturated heterocycles. The fraction of sp³-hybridized carbons (Fsp3) is 0.438. The molecule has 0 aliphatic carbocycles. The van der Waals surface area contributed by atoms with Crippen LogP contribution in [-0.2, 0) is 19.1 Å². The average Bonchev–Trinajstić information content (AvgIpc) is 2.61. The number of nitrogens with one attached hydrogen (secondary N) is 1. The van der Waals surface area contributed by atoms with Crippen LogP contribution in [0.1, 0.15) is 6.92 Å². The van der Waals surface area contributed by atoms with Crippen LogP contribution < -0.4 is 5.32 Å². The Labute approximate surface area is 148 Å². The molecule has 7 nitrogen and oxygen atoms in total. The van der Waals surface area contributed by atoms with Crippen LogP contribution in [0.2, 0.25) is 0 Å². The molecule has 0 bridgehead atoms. The normalized spacial score (nSPS) is 18.5. The molecule has 0 spiro atoms. The third-order valence-corrected chi connectivity index (χ3v) is 4.77. The van der Waals surface area contributed by atoms with Crippen LogP contribution in [0, 0.1) is 5.82 Å². The first-order valence-electron chi connectivity index (χ1n) is 7.66. The molecule has 0 aromatic heterocycles. The molecule has 0 radical (unpaired) electrons. The lowest BCUT2D eigenvalue weighted by Crippen LogP contribution is -2.54. The van der Waals surface area contributed by atoms with Crippen molar-refractivity contribution in [2.75, 3.05) is 30.8 Å². The van der Waals surface area contributed by atoms with Crippen LogP contribution in [0.4, 0.5) is 10.1 Å².